The Morgan fingerprint density at radius 1 is 1.55 bits per heavy atom. The fourth-order valence-corrected chi connectivity index (χ4v) is 2.91. The number of benzene rings is 1. The second kappa shape index (κ2) is 6.20. The van der Waals surface area contributed by atoms with Crippen LogP contribution in [0.3, 0.4) is 0 Å². The highest BCUT2D eigenvalue weighted by Crippen LogP contribution is 2.23. The molecule has 4 nitrogen and oxygen atoms in total. The molecule has 0 spiro atoms. The van der Waals surface area contributed by atoms with Crippen LogP contribution < -0.4 is 0 Å². The molecular formula is C14H18BrFN2O2. The Labute approximate surface area is 126 Å². The third-order valence-electron chi connectivity index (χ3n) is 3.40. The van der Waals surface area contributed by atoms with Gasteiger partial charge in [0.15, 0.2) is 0 Å². The molecule has 1 saturated heterocycles. The SMILES string of the molecule is CN(C)CC1CC(O)CN1C(=O)c1ccc(F)c(Br)c1. The van der Waals surface area contributed by atoms with Gasteiger partial charge in [-0.2, -0.15) is 0 Å². The average molecular weight is 345 g/mol. The summed E-state index contributed by atoms with van der Waals surface area (Å²) in [6, 6.07) is 4.20. The van der Waals surface area contributed by atoms with Crippen LogP contribution >= 0.6 is 15.9 Å². The number of halogens is 2. The number of likely N-dealkylation sites (tertiary alicyclic amines) is 1. The van der Waals surface area contributed by atoms with Crippen molar-refractivity contribution >= 4 is 21.8 Å². The molecule has 6 heteroatoms. The van der Waals surface area contributed by atoms with Crippen LogP contribution in [0.4, 0.5) is 4.39 Å². The highest BCUT2D eigenvalue weighted by atomic mass is 79.9. The van der Waals surface area contributed by atoms with Crippen molar-refractivity contribution in [3.05, 3.63) is 34.1 Å². The maximum absolute atomic E-state index is 13.2. The number of rotatable bonds is 3. The summed E-state index contributed by atoms with van der Waals surface area (Å²) < 4.78 is 13.5. The largest absolute Gasteiger partial charge is 0.391 e. The first-order chi connectivity index (χ1) is 9.38. The van der Waals surface area contributed by atoms with Crippen LogP contribution in [0.1, 0.15) is 16.8 Å². The minimum absolute atomic E-state index is 0.0173. The molecule has 1 heterocycles. The number of hydrogen-bond acceptors (Lipinski definition) is 3. The van der Waals surface area contributed by atoms with Crippen LogP contribution in [0.5, 0.6) is 0 Å². The molecule has 0 aliphatic carbocycles. The van der Waals surface area contributed by atoms with Gasteiger partial charge in [0.2, 0.25) is 0 Å². The zero-order valence-electron chi connectivity index (χ0n) is 11.5. The number of carbonyl (C=O) groups excluding carboxylic acids is 1. The molecule has 20 heavy (non-hydrogen) atoms. The van der Waals surface area contributed by atoms with E-state index in [1.165, 1.54) is 18.2 Å². The molecule has 1 aliphatic heterocycles. The van der Waals surface area contributed by atoms with Gasteiger partial charge in [-0.15, -0.1) is 0 Å². The van der Waals surface area contributed by atoms with Gasteiger partial charge < -0.3 is 14.9 Å². The third kappa shape index (κ3) is 3.37. The average Bonchev–Trinajstić information content (AvgIpc) is 2.72. The Kier molecular flexibility index (Phi) is 4.78. The van der Waals surface area contributed by atoms with Crippen LogP contribution in [0.2, 0.25) is 0 Å². The first-order valence-corrected chi connectivity index (χ1v) is 7.26. The molecule has 110 valence electrons. The number of amides is 1. The van der Waals surface area contributed by atoms with E-state index >= 15 is 0 Å². The van der Waals surface area contributed by atoms with E-state index in [1.54, 1.807) is 4.90 Å². The van der Waals surface area contributed by atoms with Crippen molar-refractivity contribution in [3.8, 4) is 0 Å². The summed E-state index contributed by atoms with van der Waals surface area (Å²) in [7, 11) is 3.86. The predicted molar refractivity (Wildman–Crippen MR) is 78.1 cm³/mol. The lowest BCUT2D eigenvalue weighted by Crippen LogP contribution is -2.41. The summed E-state index contributed by atoms with van der Waals surface area (Å²) in [6.45, 7) is 1.03. The Balaban J connectivity index is 2.19. The third-order valence-corrected chi connectivity index (χ3v) is 4.00. The van der Waals surface area contributed by atoms with Gasteiger partial charge in [0.25, 0.3) is 5.91 Å². The lowest BCUT2D eigenvalue weighted by Gasteiger charge is -2.27. The Bertz CT molecular complexity index is 510. The van der Waals surface area contributed by atoms with E-state index in [1.807, 2.05) is 19.0 Å². The quantitative estimate of drug-likeness (QED) is 0.907. The molecule has 1 aliphatic rings. The first-order valence-electron chi connectivity index (χ1n) is 6.47. The monoisotopic (exact) mass is 344 g/mol. The lowest BCUT2D eigenvalue weighted by molar-refractivity contribution is 0.0699. The summed E-state index contributed by atoms with van der Waals surface area (Å²) in [5.74, 6) is -0.568. The second-order valence-electron chi connectivity index (χ2n) is 5.39. The highest BCUT2D eigenvalue weighted by Gasteiger charge is 2.34. The van der Waals surface area contributed by atoms with Gasteiger partial charge in [-0.1, -0.05) is 0 Å². The summed E-state index contributed by atoms with van der Waals surface area (Å²) in [5, 5.41) is 9.80. The topological polar surface area (TPSA) is 43.8 Å². The Hall–Kier alpha value is -0.980. The molecule has 1 amide bonds. The zero-order chi connectivity index (χ0) is 14.9. The van der Waals surface area contributed by atoms with Gasteiger partial charge in [0.1, 0.15) is 5.82 Å². The zero-order valence-corrected chi connectivity index (χ0v) is 13.1. The standard InChI is InChI=1S/C14H18BrFN2O2/c1-17(2)7-10-6-11(19)8-18(10)14(20)9-3-4-13(16)12(15)5-9/h3-5,10-11,19H,6-8H2,1-2H3. The minimum atomic E-state index is -0.493. The van der Waals surface area contributed by atoms with Crippen molar-refractivity contribution in [2.75, 3.05) is 27.2 Å². The lowest BCUT2D eigenvalue weighted by atomic mass is 10.1. The fraction of sp³-hybridized carbons (Fsp3) is 0.500. The Morgan fingerprint density at radius 2 is 2.25 bits per heavy atom. The second-order valence-corrected chi connectivity index (χ2v) is 6.25. The molecule has 0 saturated carbocycles. The minimum Gasteiger partial charge on any atom is -0.391 e. The molecule has 2 rings (SSSR count). The van der Waals surface area contributed by atoms with E-state index in [4.69, 9.17) is 0 Å². The van der Waals surface area contributed by atoms with E-state index in [9.17, 15) is 14.3 Å². The van der Waals surface area contributed by atoms with Crippen molar-refractivity contribution in [2.24, 2.45) is 0 Å². The van der Waals surface area contributed by atoms with Crippen LogP contribution in [-0.2, 0) is 0 Å². The Morgan fingerprint density at radius 3 is 2.85 bits per heavy atom. The van der Waals surface area contributed by atoms with Gasteiger partial charge in [0, 0.05) is 24.7 Å². The first kappa shape index (κ1) is 15.4. The fourth-order valence-electron chi connectivity index (χ4n) is 2.53. The number of hydrogen-bond donors (Lipinski definition) is 1. The van der Waals surface area contributed by atoms with Crippen LogP contribution in [0.15, 0.2) is 22.7 Å². The molecule has 1 N–H and O–H groups in total. The molecule has 1 fully saturated rings. The highest BCUT2D eigenvalue weighted by molar-refractivity contribution is 9.10. The van der Waals surface area contributed by atoms with Gasteiger partial charge in [-0.25, -0.2) is 4.39 Å². The number of likely N-dealkylation sites (N-methyl/N-ethyl adjacent to an activating group) is 1. The van der Waals surface area contributed by atoms with Gasteiger partial charge in [0.05, 0.1) is 10.6 Å². The van der Waals surface area contributed by atoms with Crippen molar-refractivity contribution < 1.29 is 14.3 Å². The van der Waals surface area contributed by atoms with Crippen molar-refractivity contribution in [1.82, 2.24) is 9.80 Å². The van der Waals surface area contributed by atoms with Gasteiger partial charge in [-0.3, -0.25) is 4.79 Å². The number of carbonyl (C=O) groups is 1. The number of aliphatic hydroxyl groups excluding tert-OH is 1. The molecule has 2 unspecified atom stereocenters. The molecule has 0 aromatic heterocycles. The van der Waals surface area contributed by atoms with Crippen LogP contribution in [0, 0.1) is 5.82 Å². The van der Waals surface area contributed by atoms with Gasteiger partial charge in [-0.05, 0) is 54.6 Å². The van der Waals surface area contributed by atoms with E-state index in [0.717, 1.165) is 0 Å². The number of β-amino-alcohol motifs (C(OH)–C–C–N with tert-alkyl or cyclic N) is 1. The normalized spacial score (nSPS) is 22.6. The summed E-state index contributed by atoms with van der Waals surface area (Å²) in [5.41, 5.74) is 0.427. The van der Waals surface area contributed by atoms with Crippen LogP contribution in [0.25, 0.3) is 0 Å². The van der Waals surface area contributed by atoms with E-state index in [0.29, 0.717) is 25.1 Å². The molecule has 1 aromatic rings. The molecular weight excluding hydrogens is 327 g/mol. The van der Waals surface area contributed by atoms with Crippen LogP contribution in [-0.4, -0.2) is 60.1 Å². The van der Waals surface area contributed by atoms with Crippen molar-refractivity contribution in [2.45, 2.75) is 18.6 Å². The molecule has 2 atom stereocenters. The summed E-state index contributed by atoms with van der Waals surface area (Å²) in [4.78, 5) is 16.2. The number of nitrogens with zero attached hydrogens (tertiary/aromatic N) is 2. The van der Waals surface area contributed by atoms with Gasteiger partial charge >= 0.3 is 0 Å². The van der Waals surface area contributed by atoms with E-state index < -0.39 is 11.9 Å². The molecule has 1 aromatic carbocycles. The predicted octanol–water partition coefficient (Wildman–Crippen LogP) is 1.73. The smallest absolute Gasteiger partial charge is 0.254 e. The molecule has 0 radical (unpaired) electrons. The van der Waals surface area contributed by atoms with E-state index in [-0.39, 0.29) is 16.4 Å². The van der Waals surface area contributed by atoms with E-state index in [2.05, 4.69) is 15.9 Å². The summed E-state index contributed by atoms with van der Waals surface area (Å²) in [6.07, 6.45) is 0.0829. The summed E-state index contributed by atoms with van der Waals surface area (Å²) >= 11 is 3.09. The maximum atomic E-state index is 13.2. The van der Waals surface area contributed by atoms with Crippen molar-refractivity contribution in [3.63, 3.8) is 0 Å². The molecule has 0 bridgehead atoms. The maximum Gasteiger partial charge on any atom is 0.254 e. The van der Waals surface area contributed by atoms with Crippen molar-refractivity contribution in [1.29, 1.82) is 0 Å². The number of aliphatic hydroxyl groups is 1.